The molecule has 1 N–H and O–H groups in total. The Bertz CT molecular complexity index is 1380. The van der Waals surface area contributed by atoms with Crippen LogP contribution in [0.4, 0.5) is 23.2 Å². The van der Waals surface area contributed by atoms with E-state index < -0.39 is 41.1 Å². The molecule has 3 atom stereocenters. The zero-order valence-corrected chi connectivity index (χ0v) is 28.1. The molecule has 5 rings (SSSR count). The van der Waals surface area contributed by atoms with E-state index in [0.717, 1.165) is 12.1 Å². The molecule has 3 heterocycles. The Morgan fingerprint density at radius 1 is 0.935 bits per heavy atom. The number of carboxylic acids is 1. The van der Waals surface area contributed by atoms with Gasteiger partial charge in [-0.15, -0.1) is 24.8 Å². The van der Waals surface area contributed by atoms with Gasteiger partial charge in [0.2, 0.25) is 5.67 Å². The van der Waals surface area contributed by atoms with Crippen LogP contribution in [0.25, 0.3) is 0 Å². The molecule has 2 aromatic carbocycles. The number of rotatable bonds is 6. The summed E-state index contributed by atoms with van der Waals surface area (Å²) >= 11 is 0. The van der Waals surface area contributed by atoms with Crippen molar-refractivity contribution in [3.63, 3.8) is 0 Å². The van der Waals surface area contributed by atoms with Gasteiger partial charge in [-0.2, -0.15) is 13.2 Å². The van der Waals surface area contributed by atoms with Crippen LogP contribution in [0.5, 0.6) is 5.75 Å². The van der Waals surface area contributed by atoms with Gasteiger partial charge in [0.05, 0.1) is 18.6 Å². The molecule has 0 radical (unpaired) electrons. The van der Waals surface area contributed by atoms with Crippen LogP contribution in [0, 0.1) is 5.92 Å². The average molecular weight is 693 g/mol. The maximum atomic E-state index is 17.2. The molecule has 3 saturated heterocycles. The minimum absolute atomic E-state index is 0. The number of nitrogens with zero attached hydrogens (tertiary/aromatic N) is 3. The number of aliphatic carboxylic acids is 1. The number of hydrogen-bond acceptors (Lipinski definition) is 5. The fourth-order valence-corrected chi connectivity index (χ4v) is 6.92. The highest BCUT2D eigenvalue weighted by Crippen LogP contribution is 2.45. The highest BCUT2D eigenvalue weighted by molar-refractivity contribution is 5.88. The Hall–Kier alpha value is -2.76. The molecule has 13 heteroatoms. The minimum atomic E-state index is -4.54. The minimum Gasteiger partial charge on any atom is -0.497 e. The summed E-state index contributed by atoms with van der Waals surface area (Å²) in [4.78, 5) is 30.9. The highest BCUT2D eigenvalue weighted by atomic mass is 35.5. The second-order valence-corrected chi connectivity index (χ2v) is 13.3. The molecule has 256 valence electrons. The third kappa shape index (κ3) is 7.52. The number of carbonyl (C=O) groups excluding carboxylic acids is 1. The molecule has 7 nitrogen and oxygen atoms in total. The van der Waals surface area contributed by atoms with Crippen molar-refractivity contribution >= 4 is 42.4 Å². The van der Waals surface area contributed by atoms with Crippen LogP contribution < -0.4 is 9.64 Å². The summed E-state index contributed by atoms with van der Waals surface area (Å²) < 4.78 is 63.7. The van der Waals surface area contributed by atoms with Gasteiger partial charge in [0, 0.05) is 62.3 Å². The number of benzene rings is 2. The maximum Gasteiger partial charge on any atom is 0.416 e. The zero-order valence-electron chi connectivity index (χ0n) is 26.5. The van der Waals surface area contributed by atoms with E-state index >= 15 is 4.39 Å². The number of amides is 1. The number of carboxylic acid groups (broad SMARTS) is 1. The molecule has 0 unspecified atom stereocenters. The quantitative estimate of drug-likeness (QED) is 0.337. The van der Waals surface area contributed by atoms with Gasteiger partial charge in [0.1, 0.15) is 5.75 Å². The molecule has 46 heavy (non-hydrogen) atoms. The summed E-state index contributed by atoms with van der Waals surface area (Å²) in [6, 6.07) is 10.8. The van der Waals surface area contributed by atoms with Gasteiger partial charge in [0.25, 0.3) is 5.91 Å². The summed E-state index contributed by atoms with van der Waals surface area (Å²) in [5.41, 5.74) is -1.54. The van der Waals surface area contributed by atoms with Crippen LogP contribution in [0.1, 0.15) is 68.6 Å². The van der Waals surface area contributed by atoms with Gasteiger partial charge in [0.15, 0.2) is 0 Å². The molecule has 0 aromatic heterocycles. The van der Waals surface area contributed by atoms with E-state index in [4.69, 9.17) is 4.74 Å². The first-order chi connectivity index (χ1) is 20.6. The highest BCUT2D eigenvalue weighted by Gasteiger charge is 2.57. The second kappa shape index (κ2) is 14.2. The van der Waals surface area contributed by atoms with E-state index in [1.54, 1.807) is 31.4 Å². The molecule has 3 fully saturated rings. The molecular weight excluding hydrogens is 649 g/mol. The predicted molar refractivity (Wildman–Crippen MR) is 173 cm³/mol. The van der Waals surface area contributed by atoms with E-state index in [-0.39, 0.29) is 49.4 Å². The Labute approximate surface area is 280 Å². The fraction of sp³-hybridized carbons (Fsp3) is 0.576. The van der Waals surface area contributed by atoms with E-state index in [0.29, 0.717) is 68.0 Å². The second-order valence-electron chi connectivity index (χ2n) is 13.3. The van der Waals surface area contributed by atoms with Crippen LogP contribution in [0.3, 0.4) is 0 Å². The SMILES string of the molecule is COc1ccc([C@@H]2CN(C(C)(C)C)C[C@@]2(F)C(=O)N2CC[C@@H](c3ccc(C(F)(F)F)cc3N3CCC(C(=O)O)CC3)C2)cc1.Cl.Cl. The van der Waals surface area contributed by atoms with E-state index in [9.17, 15) is 27.9 Å². The lowest BCUT2D eigenvalue weighted by atomic mass is 9.85. The Morgan fingerprint density at radius 2 is 1.57 bits per heavy atom. The first kappa shape index (κ1) is 37.7. The molecule has 1 amide bonds. The Kier molecular flexibility index (Phi) is 11.6. The molecular formula is C33H43Cl2F4N3O4. The number of carbonyl (C=O) groups is 2. The third-order valence-electron chi connectivity index (χ3n) is 9.66. The van der Waals surface area contributed by atoms with Gasteiger partial charge < -0.3 is 19.6 Å². The summed E-state index contributed by atoms with van der Waals surface area (Å²) in [5, 5.41) is 9.40. The number of hydrogen-bond donors (Lipinski definition) is 1. The van der Waals surface area contributed by atoms with Crippen molar-refractivity contribution in [1.29, 1.82) is 0 Å². The largest absolute Gasteiger partial charge is 0.497 e. The average Bonchev–Trinajstić information content (AvgIpc) is 3.62. The lowest BCUT2D eigenvalue weighted by molar-refractivity contribution is -0.143. The van der Waals surface area contributed by atoms with Crippen molar-refractivity contribution in [2.24, 2.45) is 5.92 Å². The monoisotopic (exact) mass is 691 g/mol. The standard InChI is InChI=1S/C33H41F4N3O4.2ClH/c1-31(2,3)40-19-27(21-5-8-25(44-4)9-6-21)32(34,20-40)30(43)39-16-13-23(18-39)26-10-7-24(33(35,36)37)17-28(26)38-14-11-22(12-15-38)29(41)42;;/h5-10,17,22-23,27H,11-16,18-20H2,1-4H3,(H,41,42);2*1H/t23-,27+,32+;;/m1../s1. The lowest BCUT2D eigenvalue weighted by Crippen LogP contribution is -2.51. The third-order valence-corrected chi connectivity index (χ3v) is 9.66. The van der Waals surface area contributed by atoms with Gasteiger partial charge in [-0.1, -0.05) is 18.2 Å². The Morgan fingerprint density at radius 3 is 2.11 bits per heavy atom. The van der Waals surface area contributed by atoms with Crippen LogP contribution in [-0.4, -0.2) is 84.4 Å². The summed E-state index contributed by atoms with van der Waals surface area (Å²) in [6.45, 7) is 7.41. The van der Waals surface area contributed by atoms with Crippen molar-refractivity contribution in [3.8, 4) is 5.75 Å². The van der Waals surface area contributed by atoms with Crippen LogP contribution in [0.2, 0.25) is 0 Å². The number of methoxy groups -OCH3 is 1. The number of ether oxygens (including phenoxy) is 1. The Balaban J connectivity index is 0.00000288. The molecule has 2 aromatic rings. The molecule has 0 spiro atoms. The smallest absolute Gasteiger partial charge is 0.416 e. The first-order valence-corrected chi connectivity index (χ1v) is 15.2. The van der Waals surface area contributed by atoms with Gasteiger partial charge in [-0.25, -0.2) is 4.39 Å². The van der Waals surface area contributed by atoms with Crippen molar-refractivity contribution in [2.45, 2.75) is 69.3 Å². The van der Waals surface area contributed by atoms with Crippen molar-refractivity contribution in [1.82, 2.24) is 9.80 Å². The summed E-state index contributed by atoms with van der Waals surface area (Å²) in [5.74, 6) is -2.36. The number of likely N-dealkylation sites (tertiary alicyclic amines) is 2. The normalized spacial score (nSPS) is 24.3. The predicted octanol–water partition coefficient (Wildman–Crippen LogP) is 6.78. The van der Waals surface area contributed by atoms with Gasteiger partial charge in [-0.05, 0) is 75.4 Å². The molecule has 0 aliphatic carbocycles. The van der Waals surface area contributed by atoms with Gasteiger partial charge in [-0.3, -0.25) is 14.5 Å². The number of halogens is 6. The van der Waals surface area contributed by atoms with Crippen LogP contribution >= 0.6 is 24.8 Å². The van der Waals surface area contributed by atoms with Crippen LogP contribution in [-0.2, 0) is 15.8 Å². The van der Waals surface area contributed by atoms with Crippen molar-refractivity contribution in [2.75, 3.05) is 51.3 Å². The number of piperidine rings is 1. The van der Waals surface area contributed by atoms with E-state index in [2.05, 4.69) is 0 Å². The molecule has 3 aliphatic heterocycles. The van der Waals surface area contributed by atoms with E-state index in [1.165, 1.54) is 11.0 Å². The number of anilines is 1. The molecule has 3 aliphatic rings. The molecule has 0 bridgehead atoms. The van der Waals surface area contributed by atoms with Crippen molar-refractivity contribution in [3.05, 3.63) is 59.2 Å². The van der Waals surface area contributed by atoms with Crippen LogP contribution in [0.15, 0.2) is 42.5 Å². The maximum absolute atomic E-state index is 17.2. The topological polar surface area (TPSA) is 73.3 Å². The fourth-order valence-electron chi connectivity index (χ4n) is 6.92. The number of alkyl halides is 4. The first-order valence-electron chi connectivity index (χ1n) is 15.2. The van der Waals surface area contributed by atoms with Crippen molar-refractivity contribution < 1.29 is 37.0 Å². The van der Waals surface area contributed by atoms with Gasteiger partial charge >= 0.3 is 12.1 Å². The lowest BCUT2D eigenvalue weighted by Gasteiger charge is -2.35. The molecule has 0 saturated carbocycles. The summed E-state index contributed by atoms with van der Waals surface area (Å²) in [6.07, 6.45) is -3.38. The summed E-state index contributed by atoms with van der Waals surface area (Å²) in [7, 11) is 1.55. The zero-order chi connectivity index (χ0) is 32.0. The van der Waals surface area contributed by atoms with E-state index in [1.807, 2.05) is 30.6 Å².